The van der Waals surface area contributed by atoms with Crippen LogP contribution >= 0.6 is 11.6 Å². The van der Waals surface area contributed by atoms with Crippen molar-refractivity contribution in [2.75, 3.05) is 12.4 Å². The molecule has 1 atom stereocenters. The number of methoxy groups -OCH3 is 1. The number of ketones is 2. The number of hydrogen-bond acceptors (Lipinski definition) is 5. The predicted octanol–water partition coefficient (Wildman–Crippen LogP) is 2.38. The van der Waals surface area contributed by atoms with Crippen LogP contribution in [-0.4, -0.2) is 29.6 Å². The van der Waals surface area contributed by atoms with Crippen LogP contribution in [0.3, 0.4) is 0 Å². The maximum absolute atomic E-state index is 12.4. The second-order valence-electron chi connectivity index (χ2n) is 4.91. The highest BCUT2D eigenvalue weighted by Gasteiger charge is 2.45. The Kier molecular flexibility index (Phi) is 3.83. The summed E-state index contributed by atoms with van der Waals surface area (Å²) in [5, 5.41) is 2.48. The van der Waals surface area contributed by atoms with Crippen molar-refractivity contribution in [3.8, 4) is 5.75 Å². The summed E-state index contributed by atoms with van der Waals surface area (Å²) >= 11 is 5.87. The van der Waals surface area contributed by atoms with Crippen molar-refractivity contribution >= 4 is 34.8 Å². The smallest absolute Gasteiger partial charge is 0.243 e. The van der Waals surface area contributed by atoms with Gasteiger partial charge in [-0.25, -0.2) is 4.98 Å². The fourth-order valence-corrected chi connectivity index (χ4v) is 2.70. The molecule has 0 fully saturated rings. The van der Waals surface area contributed by atoms with E-state index in [1.807, 2.05) is 0 Å². The van der Waals surface area contributed by atoms with E-state index in [9.17, 15) is 14.4 Å². The number of ether oxygens (including phenoxy) is 1. The van der Waals surface area contributed by atoms with Crippen LogP contribution in [-0.2, 0) is 4.79 Å². The van der Waals surface area contributed by atoms with Crippen LogP contribution in [0, 0.1) is 5.92 Å². The number of nitrogens with zero attached hydrogens (tertiary/aromatic N) is 1. The monoisotopic (exact) mass is 330 g/mol. The molecule has 1 unspecified atom stereocenters. The number of nitrogens with one attached hydrogen (secondary N) is 1. The zero-order valence-electron chi connectivity index (χ0n) is 12.0. The van der Waals surface area contributed by atoms with E-state index in [0.717, 1.165) is 0 Å². The van der Waals surface area contributed by atoms with E-state index in [0.29, 0.717) is 11.4 Å². The van der Waals surface area contributed by atoms with Gasteiger partial charge in [-0.05, 0) is 18.2 Å². The molecule has 7 heteroatoms. The van der Waals surface area contributed by atoms with Gasteiger partial charge in [-0.15, -0.1) is 0 Å². The third kappa shape index (κ3) is 2.57. The lowest BCUT2D eigenvalue weighted by Crippen LogP contribution is -2.31. The Labute approximate surface area is 136 Å². The lowest BCUT2D eigenvalue weighted by Gasteiger charge is -2.09. The molecule has 3 rings (SSSR count). The van der Waals surface area contributed by atoms with Gasteiger partial charge >= 0.3 is 0 Å². The van der Waals surface area contributed by atoms with Crippen molar-refractivity contribution in [1.29, 1.82) is 0 Å². The Balaban J connectivity index is 1.88. The van der Waals surface area contributed by atoms with Gasteiger partial charge in [0.2, 0.25) is 5.91 Å². The van der Waals surface area contributed by atoms with Gasteiger partial charge in [0.1, 0.15) is 10.9 Å². The number of rotatable bonds is 3. The molecule has 116 valence electrons. The van der Waals surface area contributed by atoms with Crippen LogP contribution in [0.2, 0.25) is 5.15 Å². The van der Waals surface area contributed by atoms with Crippen molar-refractivity contribution in [2.45, 2.75) is 0 Å². The van der Waals surface area contributed by atoms with E-state index in [4.69, 9.17) is 16.3 Å². The summed E-state index contributed by atoms with van der Waals surface area (Å²) in [5.74, 6) is -2.82. The first-order valence-electron chi connectivity index (χ1n) is 6.70. The molecule has 23 heavy (non-hydrogen) atoms. The number of Topliss-reactive ketones (excluding diaryl/α,β-unsaturated/α-hetero) is 2. The number of pyridine rings is 1. The van der Waals surface area contributed by atoms with E-state index >= 15 is 0 Å². The van der Waals surface area contributed by atoms with Crippen molar-refractivity contribution in [1.82, 2.24) is 4.98 Å². The van der Waals surface area contributed by atoms with Crippen molar-refractivity contribution in [3.63, 3.8) is 0 Å². The molecule has 1 aliphatic rings. The number of halogens is 1. The highest BCUT2D eigenvalue weighted by Crippen LogP contribution is 2.31. The average molecular weight is 331 g/mol. The molecular formula is C16H11ClN2O4. The Morgan fingerprint density at radius 3 is 2.74 bits per heavy atom. The Morgan fingerprint density at radius 1 is 1.26 bits per heavy atom. The Morgan fingerprint density at radius 2 is 2.04 bits per heavy atom. The summed E-state index contributed by atoms with van der Waals surface area (Å²) in [7, 11) is 1.50. The molecule has 0 saturated heterocycles. The molecule has 0 bridgehead atoms. The second-order valence-corrected chi connectivity index (χ2v) is 5.27. The first-order chi connectivity index (χ1) is 11.0. The van der Waals surface area contributed by atoms with Gasteiger partial charge < -0.3 is 10.1 Å². The number of anilines is 1. The minimum absolute atomic E-state index is 0.00459. The Hall–Kier alpha value is -2.73. The predicted molar refractivity (Wildman–Crippen MR) is 83.0 cm³/mol. The van der Waals surface area contributed by atoms with Gasteiger partial charge in [-0.3, -0.25) is 14.4 Å². The molecule has 1 aromatic carbocycles. The average Bonchev–Trinajstić information content (AvgIpc) is 2.80. The van der Waals surface area contributed by atoms with E-state index in [2.05, 4.69) is 10.3 Å². The largest absolute Gasteiger partial charge is 0.497 e. The number of fused-ring (bicyclic) bond motifs is 1. The van der Waals surface area contributed by atoms with Crippen LogP contribution in [0.5, 0.6) is 5.75 Å². The summed E-state index contributed by atoms with van der Waals surface area (Å²) < 4.78 is 5.06. The molecule has 0 radical (unpaired) electrons. The third-order valence-corrected chi connectivity index (χ3v) is 3.83. The molecule has 1 aromatic heterocycles. The van der Waals surface area contributed by atoms with Crippen molar-refractivity contribution < 1.29 is 19.1 Å². The molecule has 1 aliphatic carbocycles. The summed E-state index contributed by atoms with van der Waals surface area (Å²) in [6.07, 6.45) is 1.33. The summed E-state index contributed by atoms with van der Waals surface area (Å²) in [6.45, 7) is 0. The first kappa shape index (κ1) is 15.2. The van der Waals surface area contributed by atoms with Crippen LogP contribution in [0.4, 0.5) is 5.69 Å². The molecule has 0 aliphatic heterocycles. The maximum atomic E-state index is 12.4. The van der Waals surface area contributed by atoms with Crippen LogP contribution in [0.1, 0.15) is 20.7 Å². The highest BCUT2D eigenvalue weighted by atomic mass is 35.5. The van der Waals surface area contributed by atoms with E-state index in [-0.39, 0.29) is 16.3 Å². The topological polar surface area (TPSA) is 85.4 Å². The lowest BCUT2D eigenvalue weighted by atomic mass is 10.0. The number of aromatic nitrogens is 1. The number of amides is 1. The van der Waals surface area contributed by atoms with Crippen LogP contribution in [0.15, 0.2) is 36.5 Å². The third-order valence-electron chi connectivity index (χ3n) is 3.54. The molecule has 6 nitrogen and oxygen atoms in total. The van der Waals surface area contributed by atoms with E-state index in [1.54, 1.807) is 24.3 Å². The molecule has 1 heterocycles. The van der Waals surface area contributed by atoms with Gasteiger partial charge in [-0.1, -0.05) is 17.7 Å². The molecule has 1 N–H and O–H groups in total. The minimum atomic E-state index is -1.45. The fraction of sp³-hybridized carbons (Fsp3) is 0.125. The van der Waals surface area contributed by atoms with Gasteiger partial charge in [0, 0.05) is 23.5 Å². The second kappa shape index (κ2) is 5.81. The zero-order chi connectivity index (χ0) is 16.6. The Bertz CT molecular complexity index is 835. The number of carbonyl (C=O) groups is 3. The van der Waals surface area contributed by atoms with Crippen molar-refractivity contribution in [2.24, 2.45) is 5.92 Å². The van der Waals surface area contributed by atoms with E-state index < -0.39 is 23.4 Å². The summed E-state index contributed by atoms with van der Waals surface area (Å²) in [5.41, 5.74) is 0.556. The molecule has 2 aromatic rings. The summed E-state index contributed by atoms with van der Waals surface area (Å²) in [6, 6.07) is 8.00. The zero-order valence-corrected chi connectivity index (χ0v) is 12.8. The summed E-state index contributed by atoms with van der Waals surface area (Å²) in [4.78, 5) is 40.8. The quantitative estimate of drug-likeness (QED) is 0.690. The fourth-order valence-electron chi connectivity index (χ4n) is 2.45. The highest BCUT2D eigenvalue weighted by molar-refractivity contribution is 6.42. The number of carbonyl (C=O) groups excluding carboxylic acids is 3. The SMILES string of the molecule is COc1cccc(NC(=O)C2C(=O)c3ccnc(Cl)c3C2=O)c1. The van der Waals surface area contributed by atoms with Gasteiger partial charge in [0.05, 0.1) is 12.7 Å². The molecular weight excluding hydrogens is 320 g/mol. The van der Waals surface area contributed by atoms with Crippen LogP contribution in [0.25, 0.3) is 0 Å². The lowest BCUT2D eigenvalue weighted by molar-refractivity contribution is -0.117. The van der Waals surface area contributed by atoms with E-state index in [1.165, 1.54) is 19.4 Å². The molecule has 1 amide bonds. The normalized spacial score (nSPS) is 16.2. The van der Waals surface area contributed by atoms with Gasteiger partial charge in [0.25, 0.3) is 0 Å². The van der Waals surface area contributed by atoms with Gasteiger partial charge in [-0.2, -0.15) is 0 Å². The number of hydrogen-bond donors (Lipinski definition) is 1. The minimum Gasteiger partial charge on any atom is -0.497 e. The molecule has 0 saturated carbocycles. The number of benzene rings is 1. The standard InChI is InChI=1S/C16H11ClN2O4/c1-23-9-4-2-3-8(7-9)19-16(22)12-13(20)10-5-6-18-15(17)11(10)14(12)21/h2-7,12H,1H3,(H,19,22). The van der Waals surface area contributed by atoms with Crippen molar-refractivity contribution in [3.05, 3.63) is 52.8 Å². The van der Waals surface area contributed by atoms with Gasteiger partial charge in [0.15, 0.2) is 17.5 Å². The molecule has 0 spiro atoms. The van der Waals surface area contributed by atoms with Crippen LogP contribution < -0.4 is 10.1 Å². The maximum Gasteiger partial charge on any atom is 0.243 e. The first-order valence-corrected chi connectivity index (χ1v) is 7.08.